The van der Waals surface area contributed by atoms with Crippen molar-refractivity contribution in [2.24, 2.45) is 11.8 Å². The Balaban J connectivity index is 0.00000203. The summed E-state index contributed by atoms with van der Waals surface area (Å²) in [5.41, 5.74) is 15.4. The predicted octanol–water partition coefficient (Wildman–Crippen LogP) is 14.8. The average molecular weight is 874 g/mol. The van der Waals surface area contributed by atoms with Gasteiger partial charge in [-0.05, 0) is 0 Å². The number of halogens is 2. The van der Waals surface area contributed by atoms with Crippen molar-refractivity contribution < 1.29 is 20.0 Å². The third-order valence-electron chi connectivity index (χ3n) is 11.7. The molecule has 3 heteroatoms. The molecule has 2 aliphatic carbocycles. The van der Waals surface area contributed by atoms with E-state index in [1.54, 1.807) is 22.3 Å². The Hall–Kier alpha value is -3.23. The molecule has 0 aromatic heterocycles. The maximum Gasteiger partial charge on any atom is -0.147 e. The van der Waals surface area contributed by atoms with Crippen molar-refractivity contribution in [2.45, 2.75) is 56.2 Å². The molecule has 1 fully saturated rings. The molecular formula is C48H48Cl2Hf. The van der Waals surface area contributed by atoms with Crippen LogP contribution in [-0.4, -0.2) is 0 Å². The summed E-state index contributed by atoms with van der Waals surface area (Å²) in [6.45, 7) is 9.70. The fourth-order valence-electron chi connectivity index (χ4n) is 9.86. The van der Waals surface area contributed by atoms with Crippen molar-refractivity contribution in [3.05, 3.63) is 155 Å². The number of hydrogen-bond acceptors (Lipinski definition) is 0. The van der Waals surface area contributed by atoms with Crippen LogP contribution in [0.4, 0.5) is 0 Å². The van der Waals surface area contributed by atoms with Crippen molar-refractivity contribution in [1.29, 1.82) is 0 Å². The Morgan fingerprint density at radius 2 is 0.843 bits per heavy atom. The Morgan fingerprint density at radius 1 is 0.471 bits per heavy atom. The van der Waals surface area contributed by atoms with Crippen LogP contribution in [0.1, 0.15) is 70.1 Å². The monoisotopic (exact) mass is 874 g/mol. The Kier molecular flexibility index (Phi) is 10.1. The van der Waals surface area contributed by atoms with Crippen LogP contribution in [0.5, 0.6) is 0 Å². The van der Waals surface area contributed by atoms with Gasteiger partial charge in [0.1, 0.15) is 0 Å². The van der Waals surface area contributed by atoms with Gasteiger partial charge in [-0.2, -0.15) is 0 Å². The summed E-state index contributed by atoms with van der Waals surface area (Å²) < 4.78 is 4.33. The molecule has 1 heterocycles. The van der Waals surface area contributed by atoms with E-state index in [2.05, 4.69) is 161 Å². The van der Waals surface area contributed by atoms with E-state index < -0.39 is 20.0 Å². The molecular weight excluding hydrogens is 826 g/mol. The second kappa shape index (κ2) is 14.3. The second-order valence-electron chi connectivity index (χ2n) is 15.9. The minimum atomic E-state index is -3.07. The smallest absolute Gasteiger partial charge is 0.147 e. The molecule has 0 N–H and O–H groups in total. The van der Waals surface area contributed by atoms with E-state index in [0.717, 1.165) is 0 Å². The summed E-state index contributed by atoms with van der Waals surface area (Å²) in [6.07, 6.45) is 7.78. The van der Waals surface area contributed by atoms with Crippen LogP contribution in [0.15, 0.2) is 132 Å². The fraction of sp³-hybridized carbons (Fsp3) is 0.250. The predicted molar refractivity (Wildman–Crippen MR) is 223 cm³/mol. The Bertz CT molecular complexity index is 2150. The quantitative estimate of drug-likeness (QED) is 0.134. The SMILES string of the molecule is CC(C)CC1=Cc2c(-c3cccc4ccccc34)cccc2[CH]1[Hf]1([CH]2C(CC(C)C)=Cc3c(-c4cccc5ccccc45)cccc32)[CH2][CH2]1.Cl.Cl. The summed E-state index contributed by atoms with van der Waals surface area (Å²) in [6, 6.07) is 46.2. The van der Waals surface area contributed by atoms with Gasteiger partial charge in [0, 0.05) is 0 Å². The molecule has 1 saturated heterocycles. The average Bonchev–Trinajstić information content (AvgIpc) is 3.66. The van der Waals surface area contributed by atoms with Gasteiger partial charge in [-0.15, -0.1) is 24.8 Å². The first-order valence-corrected chi connectivity index (χ1v) is 27.8. The van der Waals surface area contributed by atoms with Gasteiger partial charge in [0.05, 0.1) is 0 Å². The third-order valence-corrected chi connectivity index (χ3v) is 30.8. The van der Waals surface area contributed by atoms with E-state index in [-0.39, 0.29) is 24.8 Å². The van der Waals surface area contributed by atoms with Gasteiger partial charge in [-0.3, -0.25) is 0 Å². The summed E-state index contributed by atoms with van der Waals surface area (Å²) in [5, 5.41) is 5.37. The van der Waals surface area contributed by atoms with Crippen LogP contribution in [0, 0.1) is 11.8 Å². The molecule has 9 rings (SSSR count). The summed E-state index contributed by atoms with van der Waals surface area (Å²) in [7, 11) is 0. The van der Waals surface area contributed by atoms with Crippen molar-refractivity contribution in [3.63, 3.8) is 0 Å². The van der Waals surface area contributed by atoms with E-state index in [0.29, 0.717) is 19.2 Å². The first kappa shape index (κ1) is 36.1. The Labute approximate surface area is 321 Å². The molecule has 0 nitrogen and oxygen atoms in total. The van der Waals surface area contributed by atoms with E-state index in [1.807, 2.05) is 0 Å². The molecule has 3 aliphatic rings. The minimum absolute atomic E-state index is 0. The number of allylic oxidation sites excluding steroid dienone is 2. The summed E-state index contributed by atoms with van der Waals surface area (Å²) >= 11 is -3.07. The van der Waals surface area contributed by atoms with Crippen LogP contribution < -0.4 is 0 Å². The van der Waals surface area contributed by atoms with Crippen LogP contribution in [0.25, 0.3) is 56.0 Å². The number of fused-ring (bicyclic) bond motifs is 4. The minimum Gasteiger partial charge on any atom is -0.147 e. The van der Waals surface area contributed by atoms with E-state index >= 15 is 0 Å². The first-order chi connectivity index (χ1) is 23.9. The molecule has 0 radical (unpaired) electrons. The van der Waals surface area contributed by atoms with Gasteiger partial charge >= 0.3 is 299 Å². The van der Waals surface area contributed by atoms with Gasteiger partial charge in [0.15, 0.2) is 0 Å². The molecule has 6 aromatic carbocycles. The first-order valence-electron chi connectivity index (χ1n) is 18.6. The molecule has 1 aliphatic heterocycles. The second-order valence-corrected chi connectivity index (χ2v) is 32.5. The van der Waals surface area contributed by atoms with Gasteiger partial charge < -0.3 is 0 Å². The number of hydrogen-bond donors (Lipinski definition) is 0. The molecule has 2 atom stereocenters. The Morgan fingerprint density at radius 3 is 1.25 bits per heavy atom. The molecule has 0 saturated carbocycles. The van der Waals surface area contributed by atoms with Crippen LogP contribution in [0.3, 0.4) is 0 Å². The normalized spacial score (nSPS) is 18.2. The molecule has 6 aromatic rings. The number of rotatable bonds is 8. The fourth-order valence-corrected chi connectivity index (χ4v) is 37.7. The summed E-state index contributed by atoms with van der Waals surface area (Å²) in [5.74, 6) is 1.29. The largest absolute Gasteiger partial charge is 0.147 e. The zero-order chi connectivity index (χ0) is 33.3. The van der Waals surface area contributed by atoms with Crippen molar-refractivity contribution >= 4 is 58.5 Å². The van der Waals surface area contributed by atoms with Crippen molar-refractivity contribution in [2.75, 3.05) is 0 Å². The summed E-state index contributed by atoms with van der Waals surface area (Å²) in [4.78, 5) is 0. The third kappa shape index (κ3) is 6.12. The van der Waals surface area contributed by atoms with Crippen molar-refractivity contribution in [1.82, 2.24) is 0 Å². The molecule has 0 bridgehead atoms. The molecule has 0 amide bonds. The molecule has 2 unspecified atom stereocenters. The molecule has 0 spiro atoms. The maximum atomic E-state index is 2.69. The van der Waals surface area contributed by atoms with Gasteiger partial charge in [-0.25, -0.2) is 0 Å². The van der Waals surface area contributed by atoms with Crippen molar-refractivity contribution in [3.8, 4) is 22.3 Å². The van der Waals surface area contributed by atoms with Gasteiger partial charge in [0.2, 0.25) is 0 Å². The van der Waals surface area contributed by atoms with E-state index in [1.165, 1.54) is 76.1 Å². The molecule has 51 heavy (non-hydrogen) atoms. The van der Waals surface area contributed by atoms with Crippen LogP contribution in [-0.2, 0) is 20.0 Å². The van der Waals surface area contributed by atoms with Crippen LogP contribution >= 0.6 is 24.8 Å². The zero-order valence-electron chi connectivity index (χ0n) is 30.2. The zero-order valence-corrected chi connectivity index (χ0v) is 35.4. The van der Waals surface area contributed by atoms with E-state index in [4.69, 9.17) is 0 Å². The standard InChI is InChI=1S/2C23H21.C2H4.2ClH.Hf/c2*1-16(2)13-17-14-19-9-6-12-22(23(19)15-17)21-11-5-8-18-7-3-4-10-20(18)21;1-2;;;/h2*3-12,14-16H,13H2,1-2H3;1-2H2;2*1H;. The van der Waals surface area contributed by atoms with Gasteiger partial charge in [-0.1, -0.05) is 0 Å². The van der Waals surface area contributed by atoms with Gasteiger partial charge in [0.25, 0.3) is 0 Å². The molecule has 258 valence electrons. The number of benzene rings is 6. The maximum absolute atomic E-state index is 3.07. The van der Waals surface area contributed by atoms with E-state index in [9.17, 15) is 0 Å². The van der Waals surface area contributed by atoms with Crippen LogP contribution in [0.2, 0.25) is 8.35 Å². The topological polar surface area (TPSA) is 0 Å².